The van der Waals surface area contributed by atoms with E-state index in [-0.39, 0.29) is 5.69 Å². The number of nitro groups is 1. The molecule has 3 N–H and O–H groups in total. The standard InChI is InChI=1S/C12H17N3O2S/c13-14-12-9(4-3-7-11(12)15(16)17)8-18-10-5-1-2-6-10/h3-4,7,10,14H,1-2,5-6,8,13H2. The zero-order valence-electron chi connectivity index (χ0n) is 10.1. The van der Waals surface area contributed by atoms with Gasteiger partial charge in [0, 0.05) is 17.1 Å². The van der Waals surface area contributed by atoms with Gasteiger partial charge < -0.3 is 5.43 Å². The molecule has 98 valence electrons. The van der Waals surface area contributed by atoms with Crippen LogP contribution in [0.25, 0.3) is 0 Å². The van der Waals surface area contributed by atoms with Crippen LogP contribution < -0.4 is 11.3 Å². The van der Waals surface area contributed by atoms with Crippen LogP contribution in [0.1, 0.15) is 31.2 Å². The summed E-state index contributed by atoms with van der Waals surface area (Å²) in [5.74, 6) is 6.18. The van der Waals surface area contributed by atoms with Gasteiger partial charge in [-0.05, 0) is 18.4 Å². The van der Waals surface area contributed by atoms with Crippen LogP contribution in [0.4, 0.5) is 11.4 Å². The molecule has 1 aromatic carbocycles. The molecule has 1 aliphatic carbocycles. The molecular weight excluding hydrogens is 250 g/mol. The molecule has 0 amide bonds. The third-order valence-corrected chi connectivity index (χ3v) is 4.67. The number of nitro benzene ring substituents is 1. The molecule has 1 saturated carbocycles. The second-order valence-corrected chi connectivity index (χ2v) is 5.72. The number of para-hydroxylation sites is 1. The lowest BCUT2D eigenvalue weighted by atomic mass is 10.2. The average Bonchev–Trinajstić information content (AvgIpc) is 2.88. The van der Waals surface area contributed by atoms with Crippen molar-refractivity contribution in [2.45, 2.75) is 36.7 Å². The van der Waals surface area contributed by atoms with Crippen LogP contribution in [0.2, 0.25) is 0 Å². The van der Waals surface area contributed by atoms with Crippen LogP contribution in [-0.4, -0.2) is 10.2 Å². The molecule has 0 aromatic heterocycles. The van der Waals surface area contributed by atoms with Gasteiger partial charge in [0.05, 0.1) is 4.92 Å². The molecule has 1 aromatic rings. The molecule has 1 fully saturated rings. The van der Waals surface area contributed by atoms with E-state index in [0.717, 1.165) is 11.3 Å². The van der Waals surface area contributed by atoms with Crippen molar-refractivity contribution in [2.75, 3.05) is 5.43 Å². The average molecular weight is 267 g/mol. The smallest absolute Gasteiger partial charge is 0.293 e. The van der Waals surface area contributed by atoms with Gasteiger partial charge in [0.1, 0.15) is 5.69 Å². The van der Waals surface area contributed by atoms with E-state index in [1.165, 1.54) is 31.7 Å². The Balaban J connectivity index is 2.11. The number of hydrazine groups is 1. The number of nitrogens with one attached hydrogen (secondary N) is 1. The Morgan fingerprint density at radius 1 is 1.44 bits per heavy atom. The monoisotopic (exact) mass is 267 g/mol. The summed E-state index contributed by atoms with van der Waals surface area (Å²) in [4.78, 5) is 10.5. The summed E-state index contributed by atoms with van der Waals surface area (Å²) in [5, 5.41) is 11.6. The number of hydrogen-bond acceptors (Lipinski definition) is 5. The van der Waals surface area contributed by atoms with Gasteiger partial charge in [0.2, 0.25) is 0 Å². The first kappa shape index (κ1) is 13.2. The van der Waals surface area contributed by atoms with Gasteiger partial charge in [-0.15, -0.1) is 0 Å². The second-order valence-electron chi connectivity index (χ2n) is 4.43. The minimum atomic E-state index is -0.404. The van der Waals surface area contributed by atoms with E-state index in [9.17, 15) is 10.1 Å². The van der Waals surface area contributed by atoms with Crippen molar-refractivity contribution in [1.82, 2.24) is 0 Å². The van der Waals surface area contributed by atoms with Crippen LogP contribution in [0.5, 0.6) is 0 Å². The predicted octanol–water partition coefficient (Wildman–Crippen LogP) is 3.06. The number of hydrogen-bond donors (Lipinski definition) is 2. The normalized spacial score (nSPS) is 15.8. The van der Waals surface area contributed by atoms with E-state index < -0.39 is 4.92 Å². The molecule has 1 aliphatic rings. The summed E-state index contributed by atoms with van der Waals surface area (Å²) < 4.78 is 0. The molecule has 5 nitrogen and oxygen atoms in total. The Labute approximate surface area is 110 Å². The van der Waals surface area contributed by atoms with Crippen molar-refractivity contribution >= 4 is 23.1 Å². The summed E-state index contributed by atoms with van der Waals surface area (Å²) in [7, 11) is 0. The van der Waals surface area contributed by atoms with E-state index in [4.69, 9.17) is 5.84 Å². The quantitative estimate of drug-likeness (QED) is 0.487. The van der Waals surface area contributed by atoms with Crippen molar-refractivity contribution in [3.8, 4) is 0 Å². The minimum absolute atomic E-state index is 0.0435. The lowest BCUT2D eigenvalue weighted by Crippen LogP contribution is -2.11. The summed E-state index contributed by atoms with van der Waals surface area (Å²) >= 11 is 1.87. The van der Waals surface area contributed by atoms with Gasteiger partial charge in [0.15, 0.2) is 0 Å². The molecule has 2 rings (SSSR count). The molecule has 0 atom stereocenters. The number of benzene rings is 1. The van der Waals surface area contributed by atoms with Crippen LogP contribution >= 0.6 is 11.8 Å². The summed E-state index contributed by atoms with van der Waals surface area (Å²) in [6.07, 6.45) is 5.11. The van der Waals surface area contributed by atoms with Gasteiger partial charge in [-0.1, -0.05) is 25.0 Å². The fourth-order valence-electron chi connectivity index (χ4n) is 2.29. The van der Waals surface area contributed by atoms with Gasteiger partial charge in [-0.2, -0.15) is 11.8 Å². The highest BCUT2D eigenvalue weighted by molar-refractivity contribution is 7.99. The van der Waals surface area contributed by atoms with Gasteiger partial charge >= 0.3 is 0 Å². The highest BCUT2D eigenvalue weighted by Gasteiger charge is 2.19. The second kappa shape index (κ2) is 6.06. The topological polar surface area (TPSA) is 81.2 Å². The number of nitrogens with zero attached hydrogens (tertiary/aromatic N) is 1. The van der Waals surface area contributed by atoms with Crippen molar-refractivity contribution in [1.29, 1.82) is 0 Å². The molecular formula is C12H17N3O2S. The maximum atomic E-state index is 10.9. The maximum absolute atomic E-state index is 10.9. The van der Waals surface area contributed by atoms with Gasteiger partial charge in [0.25, 0.3) is 5.69 Å². The molecule has 0 bridgehead atoms. The first-order valence-electron chi connectivity index (χ1n) is 6.07. The van der Waals surface area contributed by atoms with E-state index in [1.54, 1.807) is 6.07 Å². The molecule has 18 heavy (non-hydrogen) atoms. The first-order chi connectivity index (χ1) is 8.72. The number of thioether (sulfide) groups is 1. The number of nitrogen functional groups attached to an aromatic ring is 1. The molecule has 6 heteroatoms. The first-order valence-corrected chi connectivity index (χ1v) is 7.11. The van der Waals surface area contributed by atoms with Crippen LogP contribution in [-0.2, 0) is 5.75 Å². The Bertz CT molecular complexity index is 433. The minimum Gasteiger partial charge on any atom is -0.318 e. The zero-order chi connectivity index (χ0) is 13.0. The Morgan fingerprint density at radius 2 is 2.17 bits per heavy atom. The van der Waals surface area contributed by atoms with Crippen molar-refractivity contribution in [3.63, 3.8) is 0 Å². The van der Waals surface area contributed by atoms with E-state index in [2.05, 4.69) is 5.43 Å². The molecule has 0 aliphatic heterocycles. The largest absolute Gasteiger partial charge is 0.318 e. The Hall–Kier alpha value is -1.27. The van der Waals surface area contributed by atoms with Crippen molar-refractivity contribution < 1.29 is 4.92 Å². The Morgan fingerprint density at radius 3 is 2.78 bits per heavy atom. The molecule has 0 heterocycles. The van der Waals surface area contributed by atoms with Crippen molar-refractivity contribution in [3.05, 3.63) is 33.9 Å². The lowest BCUT2D eigenvalue weighted by molar-refractivity contribution is -0.384. The predicted molar refractivity (Wildman–Crippen MR) is 74.5 cm³/mol. The van der Waals surface area contributed by atoms with E-state index >= 15 is 0 Å². The number of nitrogens with two attached hydrogens (primary N) is 1. The van der Waals surface area contributed by atoms with E-state index in [0.29, 0.717) is 10.9 Å². The Kier molecular flexibility index (Phi) is 4.43. The SMILES string of the molecule is NNc1c(CSC2CCCC2)cccc1[N+](=O)[O-]. The number of rotatable bonds is 5. The summed E-state index contributed by atoms with van der Waals surface area (Å²) in [6, 6.07) is 5.08. The molecule has 0 unspecified atom stereocenters. The fraction of sp³-hybridized carbons (Fsp3) is 0.500. The van der Waals surface area contributed by atoms with Crippen LogP contribution in [0, 0.1) is 10.1 Å². The van der Waals surface area contributed by atoms with Gasteiger partial charge in [-0.25, -0.2) is 0 Å². The van der Waals surface area contributed by atoms with Crippen LogP contribution in [0.3, 0.4) is 0 Å². The number of anilines is 1. The highest BCUT2D eigenvalue weighted by Crippen LogP contribution is 2.35. The molecule has 0 radical (unpaired) electrons. The summed E-state index contributed by atoms with van der Waals surface area (Å²) in [6.45, 7) is 0. The third-order valence-electron chi connectivity index (χ3n) is 3.25. The molecule has 0 spiro atoms. The zero-order valence-corrected chi connectivity index (χ0v) is 10.9. The van der Waals surface area contributed by atoms with Crippen molar-refractivity contribution in [2.24, 2.45) is 5.84 Å². The fourth-order valence-corrected chi connectivity index (χ4v) is 3.61. The summed E-state index contributed by atoms with van der Waals surface area (Å²) in [5.41, 5.74) is 3.85. The van der Waals surface area contributed by atoms with E-state index in [1.807, 2.05) is 17.8 Å². The molecule has 0 saturated heterocycles. The lowest BCUT2D eigenvalue weighted by Gasteiger charge is -2.12. The van der Waals surface area contributed by atoms with Gasteiger partial charge in [-0.3, -0.25) is 16.0 Å². The maximum Gasteiger partial charge on any atom is 0.293 e. The third kappa shape index (κ3) is 2.94. The highest BCUT2D eigenvalue weighted by atomic mass is 32.2. The van der Waals surface area contributed by atoms with Crippen LogP contribution in [0.15, 0.2) is 18.2 Å².